The van der Waals surface area contributed by atoms with E-state index in [2.05, 4.69) is 10.0 Å². The van der Waals surface area contributed by atoms with E-state index in [0.717, 1.165) is 11.3 Å². The third kappa shape index (κ3) is 5.24. The Labute approximate surface area is 176 Å². The summed E-state index contributed by atoms with van der Waals surface area (Å²) in [7, 11) is -2.15. The fourth-order valence-corrected chi connectivity index (χ4v) is 4.19. The van der Waals surface area contributed by atoms with Crippen molar-refractivity contribution in [3.05, 3.63) is 54.1 Å². The van der Waals surface area contributed by atoms with E-state index in [0.29, 0.717) is 12.2 Å². The molecule has 2 N–H and O–H groups in total. The molecule has 30 heavy (non-hydrogen) atoms. The number of nitrogens with zero attached hydrogens (tertiary/aromatic N) is 1. The standard InChI is InChI=1S/C21H25N3O5S/c1-15-3-7-18(8-4-15)24-14-16(13-20(24)25)21(26)23-17-5-9-19(10-6-17)30(27,28)22-11-12-29-2/h3-10,16,22H,11-14H2,1-2H3,(H,23,26). The first-order chi connectivity index (χ1) is 14.3. The Morgan fingerprint density at radius 3 is 2.43 bits per heavy atom. The van der Waals surface area contributed by atoms with Crippen LogP contribution in [0.15, 0.2) is 53.4 Å². The number of benzene rings is 2. The summed E-state index contributed by atoms with van der Waals surface area (Å²) in [6, 6.07) is 13.5. The molecule has 0 aromatic heterocycles. The van der Waals surface area contributed by atoms with Gasteiger partial charge in [0, 0.05) is 38.0 Å². The van der Waals surface area contributed by atoms with E-state index in [-0.39, 0.29) is 36.3 Å². The molecule has 0 saturated carbocycles. The molecule has 1 unspecified atom stereocenters. The number of rotatable bonds is 8. The number of nitrogens with one attached hydrogen (secondary N) is 2. The van der Waals surface area contributed by atoms with Gasteiger partial charge in [-0.05, 0) is 43.3 Å². The zero-order valence-corrected chi connectivity index (χ0v) is 17.7. The number of anilines is 2. The molecule has 2 aromatic rings. The molecule has 1 aliphatic heterocycles. The number of sulfonamides is 1. The smallest absolute Gasteiger partial charge is 0.240 e. The molecule has 1 aliphatic rings. The van der Waals surface area contributed by atoms with Crippen LogP contribution in [0.1, 0.15) is 12.0 Å². The van der Waals surface area contributed by atoms with Crippen LogP contribution in [0.3, 0.4) is 0 Å². The van der Waals surface area contributed by atoms with Gasteiger partial charge in [0.2, 0.25) is 21.8 Å². The Bertz CT molecular complexity index is 1000. The number of hydrogen-bond donors (Lipinski definition) is 2. The minimum absolute atomic E-state index is 0.0948. The average Bonchev–Trinajstić information content (AvgIpc) is 3.11. The van der Waals surface area contributed by atoms with Crippen molar-refractivity contribution in [2.45, 2.75) is 18.2 Å². The molecule has 1 heterocycles. The topological polar surface area (TPSA) is 105 Å². The minimum Gasteiger partial charge on any atom is -0.383 e. The SMILES string of the molecule is COCCNS(=O)(=O)c1ccc(NC(=O)C2CC(=O)N(c3ccc(C)cc3)C2)cc1. The summed E-state index contributed by atoms with van der Waals surface area (Å²) in [4.78, 5) is 26.7. The van der Waals surface area contributed by atoms with Crippen LogP contribution in [0, 0.1) is 12.8 Å². The second-order valence-electron chi connectivity index (χ2n) is 7.15. The summed E-state index contributed by atoms with van der Waals surface area (Å²) in [5, 5.41) is 2.76. The van der Waals surface area contributed by atoms with E-state index in [9.17, 15) is 18.0 Å². The van der Waals surface area contributed by atoms with Crippen LogP contribution >= 0.6 is 0 Å². The van der Waals surface area contributed by atoms with E-state index < -0.39 is 15.9 Å². The number of ether oxygens (including phenoxy) is 1. The molecule has 3 rings (SSSR count). The zero-order chi connectivity index (χ0) is 21.7. The van der Waals surface area contributed by atoms with Crippen LogP contribution in [0.4, 0.5) is 11.4 Å². The number of carbonyl (C=O) groups is 2. The molecule has 8 nitrogen and oxygen atoms in total. The van der Waals surface area contributed by atoms with Crippen molar-refractivity contribution in [2.24, 2.45) is 5.92 Å². The third-order valence-corrected chi connectivity index (χ3v) is 6.35. The van der Waals surface area contributed by atoms with Crippen molar-refractivity contribution < 1.29 is 22.7 Å². The summed E-state index contributed by atoms with van der Waals surface area (Å²) < 4.78 is 31.6. The second-order valence-corrected chi connectivity index (χ2v) is 8.91. The first kappa shape index (κ1) is 21.9. The summed E-state index contributed by atoms with van der Waals surface area (Å²) >= 11 is 0. The van der Waals surface area contributed by atoms with E-state index in [1.54, 1.807) is 4.90 Å². The van der Waals surface area contributed by atoms with Gasteiger partial charge in [-0.3, -0.25) is 9.59 Å². The van der Waals surface area contributed by atoms with Crippen LogP contribution in [-0.4, -0.2) is 47.0 Å². The summed E-state index contributed by atoms with van der Waals surface area (Å²) in [6.07, 6.45) is 0.135. The van der Waals surface area contributed by atoms with Crippen molar-refractivity contribution in [1.29, 1.82) is 0 Å². The van der Waals surface area contributed by atoms with Gasteiger partial charge in [0.05, 0.1) is 17.4 Å². The molecule has 9 heteroatoms. The Morgan fingerprint density at radius 1 is 1.13 bits per heavy atom. The van der Waals surface area contributed by atoms with Gasteiger partial charge in [-0.2, -0.15) is 0 Å². The lowest BCUT2D eigenvalue weighted by atomic mass is 10.1. The highest BCUT2D eigenvalue weighted by atomic mass is 32.2. The summed E-state index contributed by atoms with van der Waals surface area (Å²) in [5.74, 6) is -0.840. The van der Waals surface area contributed by atoms with Gasteiger partial charge < -0.3 is 15.0 Å². The molecular weight excluding hydrogens is 406 g/mol. The molecule has 1 atom stereocenters. The molecule has 0 spiro atoms. The fraction of sp³-hybridized carbons (Fsp3) is 0.333. The van der Waals surface area contributed by atoms with Gasteiger partial charge in [0.15, 0.2) is 0 Å². The third-order valence-electron chi connectivity index (χ3n) is 4.87. The molecule has 0 radical (unpaired) electrons. The van der Waals surface area contributed by atoms with Crippen LogP contribution in [0.2, 0.25) is 0 Å². The van der Waals surface area contributed by atoms with Crippen LogP contribution in [0.25, 0.3) is 0 Å². The second kappa shape index (κ2) is 9.38. The normalized spacial score (nSPS) is 16.7. The van der Waals surface area contributed by atoms with Crippen molar-refractivity contribution in [1.82, 2.24) is 4.72 Å². The molecular formula is C21H25N3O5S. The van der Waals surface area contributed by atoms with Gasteiger partial charge in [0.1, 0.15) is 0 Å². The van der Waals surface area contributed by atoms with Crippen molar-refractivity contribution >= 4 is 33.2 Å². The lowest BCUT2D eigenvalue weighted by Crippen LogP contribution is -2.28. The monoisotopic (exact) mass is 431 g/mol. The molecule has 2 aromatic carbocycles. The number of carbonyl (C=O) groups excluding carboxylic acids is 2. The number of amides is 2. The Balaban J connectivity index is 1.61. The number of aryl methyl sites for hydroxylation is 1. The van der Waals surface area contributed by atoms with Crippen LogP contribution in [-0.2, 0) is 24.3 Å². The number of hydrogen-bond acceptors (Lipinski definition) is 5. The molecule has 1 fully saturated rings. The number of methoxy groups -OCH3 is 1. The maximum atomic E-state index is 12.6. The molecule has 0 bridgehead atoms. The lowest BCUT2D eigenvalue weighted by molar-refractivity contribution is -0.122. The molecule has 0 aliphatic carbocycles. The molecule has 1 saturated heterocycles. The Morgan fingerprint density at radius 2 is 1.80 bits per heavy atom. The Hall–Kier alpha value is -2.75. The lowest BCUT2D eigenvalue weighted by Gasteiger charge is -2.17. The van der Waals surface area contributed by atoms with E-state index >= 15 is 0 Å². The Kier molecular flexibility index (Phi) is 6.86. The van der Waals surface area contributed by atoms with E-state index in [1.807, 2.05) is 31.2 Å². The van der Waals surface area contributed by atoms with Crippen molar-refractivity contribution in [2.75, 3.05) is 37.0 Å². The first-order valence-electron chi connectivity index (χ1n) is 9.57. The average molecular weight is 432 g/mol. The van der Waals surface area contributed by atoms with Crippen molar-refractivity contribution in [3.63, 3.8) is 0 Å². The highest BCUT2D eigenvalue weighted by molar-refractivity contribution is 7.89. The van der Waals surface area contributed by atoms with Gasteiger partial charge in [0.25, 0.3) is 0 Å². The zero-order valence-electron chi connectivity index (χ0n) is 16.9. The predicted molar refractivity (Wildman–Crippen MR) is 114 cm³/mol. The summed E-state index contributed by atoms with van der Waals surface area (Å²) in [6.45, 7) is 2.72. The first-order valence-corrected chi connectivity index (χ1v) is 11.0. The maximum Gasteiger partial charge on any atom is 0.240 e. The van der Waals surface area contributed by atoms with Crippen molar-refractivity contribution in [3.8, 4) is 0 Å². The van der Waals surface area contributed by atoms with Gasteiger partial charge in [-0.25, -0.2) is 13.1 Å². The van der Waals surface area contributed by atoms with E-state index in [1.165, 1.54) is 31.4 Å². The largest absolute Gasteiger partial charge is 0.383 e. The van der Waals surface area contributed by atoms with E-state index in [4.69, 9.17) is 4.74 Å². The van der Waals surface area contributed by atoms with Gasteiger partial charge >= 0.3 is 0 Å². The predicted octanol–water partition coefficient (Wildman–Crippen LogP) is 1.91. The summed E-state index contributed by atoms with van der Waals surface area (Å²) in [5.41, 5.74) is 2.34. The highest BCUT2D eigenvalue weighted by Gasteiger charge is 2.35. The highest BCUT2D eigenvalue weighted by Crippen LogP contribution is 2.26. The van der Waals surface area contributed by atoms with Crippen LogP contribution < -0.4 is 14.9 Å². The molecule has 2 amide bonds. The van der Waals surface area contributed by atoms with Gasteiger partial charge in [-0.15, -0.1) is 0 Å². The molecule has 160 valence electrons. The van der Waals surface area contributed by atoms with Crippen LogP contribution in [0.5, 0.6) is 0 Å². The maximum absolute atomic E-state index is 12.6. The van der Waals surface area contributed by atoms with Gasteiger partial charge in [-0.1, -0.05) is 17.7 Å². The fourth-order valence-electron chi connectivity index (χ4n) is 3.18. The minimum atomic E-state index is -3.64. The quantitative estimate of drug-likeness (QED) is 0.622.